The van der Waals surface area contributed by atoms with E-state index >= 15 is 0 Å². The molecule has 17 heavy (non-hydrogen) atoms. The van der Waals surface area contributed by atoms with Crippen LogP contribution in [0.3, 0.4) is 0 Å². The molecule has 0 spiro atoms. The Bertz CT molecular complexity index is 257. The molecular weight excluding hydrogens is 214 g/mol. The fourth-order valence-corrected chi connectivity index (χ4v) is 2.36. The lowest BCUT2D eigenvalue weighted by molar-refractivity contribution is -0.124. The zero-order chi connectivity index (χ0) is 13.0. The van der Waals surface area contributed by atoms with Crippen LogP contribution in [0.2, 0.25) is 0 Å². The quantitative estimate of drug-likeness (QED) is 0.766. The van der Waals surface area contributed by atoms with Gasteiger partial charge in [-0.2, -0.15) is 0 Å². The van der Waals surface area contributed by atoms with E-state index in [4.69, 9.17) is 5.73 Å². The Morgan fingerprint density at radius 1 is 1.59 bits per heavy atom. The van der Waals surface area contributed by atoms with E-state index in [1.54, 1.807) is 0 Å². The molecule has 3 unspecified atom stereocenters. The molecule has 4 nitrogen and oxygen atoms in total. The molecule has 4 atom stereocenters. The van der Waals surface area contributed by atoms with Crippen molar-refractivity contribution in [3.63, 3.8) is 0 Å². The number of piperidine rings is 1. The zero-order valence-corrected chi connectivity index (χ0v) is 11.6. The second kappa shape index (κ2) is 6.36. The van der Waals surface area contributed by atoms with Gasteiger partial charge in [0.1, 0.15) is 0 Å². The van der Waals surface area contributed by atoms with Crippen LogP contribution < -0.4 is 11.1 Å². The highest BCUT2D eigenvalue weighted by molar-refractivity contribution is 5.82. The number of hydrogen-bond acceptors (Lipinski definition) is 3. The van der Waals surface area contributed by atoms with Crippen LogP contribution in [0.15, 0.2) is 0 Å². The fraction of sp³-hybridized carbons (Fsp3) is 0.923. The standard InChI is InChI=1S/C13H27N3O/c1-5-9(2)12(14)13(17)15-11-6-7-16(4)8-10(11)3/h9-12H,5-8,14H2,1-4H3,(H,15,17)/t9?,10?,11?,12-/m0/s1. The first-order valence-electron chi connectivity index (χ1n) is 6.70. The van der Waals surface area contributed by atoms with Gasteiger partial charge in [-0.1, -0.05) is 27.2 Å². The average molecular weight is 241 g/mol. The van der Waals surface area contributed by atoms with Gasteiger partial charge < -0.3 is 16.0 Å². The van der Waals surface area contributed by atoms with Gasteiger partial charge in [-0.05, 0) is 31.8 Å². The first kappa shape index (κ1) is 14.5. The minimum atomic E-state index is -0.369. The highest BCUT2D eigenvalue weighted by Gasteiger charge is 2.28. The van der Waals surface area contributed by atoms with Gasteiger partial charge in [-0.25, -0.2) is 0 Å². The summed E-state index contributed by atoms with van der Waals surface area (Å²) in [6.07, 6.45) is 1.97. The molecular formula is C13H27N3O. The Balaban J connectivity index is 2.45. The smallest absolute Gasteiger partial charge is 0.237 e. The second-order valence-electron chi connectivity index (χ2n) is 5.55. The number of nitrogens with one attached hydrogen (secondary N) is 1. The summed E-state index contributed by atoms with van der Waals surface area (Å²) in [4.78, 5) is 14.3. The van der Waals surface area contributed by atoms with E-state index in [2.05, 4.69) is 31.1 Å². The van der Waals surface area contributed by atoms with Crippen molar-refractivity contribution in [3.05, 3.63) is 0 Å². The molecule has 0 bridgehead atoms. The Morgan fingerprint density at radius 2 is 2.24 bits per heavy atom. The molecule has 0 aromatic heterocycles. The number of rotatable bonds is 4. The summed E-state index contributed by atoms with van der Waals surface area (Å²) in [6.45, 7) is 8.38. The Kier molecular flexibility index (Phi) is 5.40. The van der Waals surface area contributed by atoms with Crippen molar-refractivity contribution in [1.29, 1.82) is 0 Å². The lowest BCUT2D eigenvalue weighted by atomic mass is 9.92. The van der Waals surface area contributed by atoms with Crippen LogP contribution >= 0.6 is 0 Å². The molecule has 1 aliphatic heterocycles. The third kappa shape index (κ3) is 3.96. The van der Waals surface area contributed by atoms with Crippen molar-refractivity contribution < 1.29 is 4.79 Å². The summed E-state index contributed by atoms with van der Waals surface area (Å²) in [7, 11) is 2.12. The molecule has 0 aliphatic carbocycles. The van der Waals surface area contributed by atoms with Gasteiger partial charge in [0.25, 0.3) is 0 Å². The number of nitrogens with zero attached hydrogens (tertiary/aromatic N) is 1. The predicted molar refractivity (Wildman–Crippen MR) is 70.6 cm³/mol. The zero-order valence-electron chi connectivity index (χ0n) is 11.6. The van der Waals surface area contributed by atoms with E-state index in [9.17, 15) is 4.79 Å². The Morgan fingerprint density at radius 3 is 2.76 bits per heavy atom. The molecule has 0 radical (unpaired) electrons. The normalized spacial score (nSPS) is 29.7. The number of hydrogen-bond donors (Lipinski definition) is 2. The van der Waals surface area contributed by atoms with Crippen LogP contribution in [0.5, 0.6) is 0 Å². The molecule has 1 rings (SSSR count). The van der Waals surface area contributed by atoms with Gasteiger partial charge in [0.05, 0.1) is 6.04 Å². The van der Waals surface area contributed by atoms with E-state index < -0.39 is 0 Å². The highest BCUT2D eigenvalue weighted by atomic mass is 16.2. The van der Waals surface area contributed by atoms with Gasteiger partial charge in [-0.15, -0.1) is 0 Å². The van der Waals surface area contributed by atoms with Crippen LogP contribution in [-0.4, -0.2) is 43.0 Å². The topological polar surface area (TPSA) is 58.4 Å². The van der Waals surface area contributed by atoms with E-state index in [1.807, 2.05) is 6.92 Å². The first-order chi connectivity index (χ1) is 7.95. The lowest BCUT2D eigenvalue weighted by Crippen LogP contribution is -2.54. The number of amides is 1. The molecule has 1 amide bonds. The Hall–Kier alpha value is -0.610. The van der Waals surface area contributed by atoms with Crippen LogP contribution in [0.4, 0.5) is 0 Å². The maximum absolute atomic E-state index is 12.0. The largest absolute Gasteiger partial charge is 0.352 e. The van der Waals surface area contributed by atoms with Crippen LogP contribution in [0, 0.1) is 11.8 Å². The number of nitrogens with two attached hydrogens (primary N) is 1. The highest BCUT2D eigenvalue weighted by Crippen LogP contribution is 2.16. The molecule has 0 saturated carbocycles. The van der Waals surface area contributed by atoms with Crippen molar-refractivity contribution in [2.24, 2.45) is 17.6 Å². The molecule has 0 aromatic rings. The maximum atomic E-state index is 12.0. The number of carbonyl (C=O) groups excluding carboxylic acids is 1. The number of carbonyl (C=O) groups is 1. The molecule has 100 valence electrons. The summed E-state index contributed by atoms with van der Waals surface area (Å²) in [6, 6.07) is -0.0827. The van der Waals surface area contributed by atoms with Crippen LogP contribution in [0.1, 0.15) is 33.6 Å². The van der Waals surface area contributed by atoms with Crippen molar-refractivity contribution in [1.82, 2.24) is 10.2 Å². The summed E-state index contributed by atoms with van der Waals surface area (Å²) in [5.74, 6) is 0.763. The van der Waals surface area contributed by atoms with Crippen molar-refractivity contribution in [3.8, 4) is 0 Å². The average Bonchev–Trinajstić information content (AvgIpc) is 2.30. The molecule has 1 fully saturated rings. The summed E-state index contributed by atoms with van der Waals surface area (Å²) in [5, 5.41) is 3.11. The summed E-state index contributed by atoms with van der Waals surface area (Å²) < 4.78 is 0. The van der Waals surface area contributed by atoms with E-state index in [1.165, 1.54) is 0 Å². The molecule has 1 saturated heterocycles. The lowest BCUT2D eigenvalue weighted by Gasteiger charge is -2.36. The van der Waals surface area contributed by atoms with Crippen LogP contribution in [-0.2, 0) is 4.79 Å². The third-order valence-corrected chi connectivity index (χ3v) is 4.00. The minimum absolute atomic E-state index is 0.0146. The third-order valence-electron chi connectivity index (χ3n) is 4.00. The van der Waals surface area contributed by atoms with Crippen molar-refractivity contribution in [2.45, 2.75) is 45.7 Å². The molecule has 0 aromatic carbocycles. The van der Waals surface area contributed by atoms with Gasteiger partial charge in [0, 0.05) is 12.6 Å². The second-order valence-corrected chi connectivity index (χ2v) is 5.55. The molecule has 1 aliphatic rings. The van der Waals surface area contributed by atoms with E-state index in [0.29, 0.717) is 5.92 Å². The van der Waals surface area contributed by atoms with Crippen molar-refractivity contribution >= 4 is 5.91 Å². The van der Waals surface area contributed by atoms with Gasteiger partial charge in [-0.3, -0.25) is 4.79 Å². The SMILES string of the molecule is CCC(C)[C@H](N)C(=O)NC1CCN(C)CC1C. The minimum Gasteiger partial charge on any atom is -0.352 e. The maximum Gasteiger partial charge on any atom is 0.237 e. The molecule has 1 heterocycles. The first-order valence-corrected chi connectivity index (χ1v) is 6.70. The molecule has 3 N–H and O–H groups in total. The Labute approximate surface area is 105 Å². The summed E-state index contributed by atoms with van der Waals surface area (Å²) in [5.41, 5.74) is 5.94. The van der Waals surface area contributed by atoms with Crippen molar-refractivity contribution in [2.75, 3.05) is 20.1 Å². The van der Waals surface area contributed by atoms with E-state index in [0.717, 1.165) is 25.9 Å². The van der Waals surface area contributed by atoms with Crippen LogP contribution in [0.25, 0.3) is 0 Å². The molecule has 4 heteroatoms. The fourth-order valence-electron chi connectivity index (χ4n) is 2.36. The van der Waals surface area contributed by atoms with E-state index in [-0.39, 0.29) is 23.9 Å². The summed E-state index contributed by atoms with van der Waals surface area (Å²) >= 11 is 0. The van der Waals surface area contributed by atoms with Gasteiger partial charge >= 0.3 is 0 Å². The predicted octanol–water partition coefficient (Wildman–Crippen LogP) is 0.816. The van der Waals surface area contributed by atoms with Gasteiger partial charge in [0.15, 0.2) is 0 Å². The number of likely N-dealkylation sites (tertiary alicyclic amines) is 1. The van der Waals surface area contributed by atoms with Gasteiger partial charge in [0.2, 0.25) is 5.91 Å². The monoisotopic (exact) mass is 241 g/mol.